The van der Waals surface area contributed by atoms with E-state index in [1.54, 1.807) is 18.2 Å². The Morgan fingerprint density at radius 3 is 2.95 bits per heavy atom. The molecule has 0 aliphatic carbocycles. The minimum atomic E-state index is -0.148. The van der Waals surface area contributed by atoms with Gasteiger partial charge in [-0.25, -0.2) is 0 Å². The second kappa shape index (κ2) is 7.33. The van der Waals surface area contributed by atoms with Gasteiger partial charge in [0.15, 0.2) is 0 Å². The van der Waals surface area contributed by atoms with Crippen molar-refractivity contribution in [1.82, 2.24) is 10.2 Å². The number of halogens is 1. The Morgan fingerprint density at radius 1 is 1.53 bits per heavy atom. The van der Waals surface area contributed by atoms with Crippen molar-refractivity contribution < 1.29 is 9.53 Å². The van der Waals surface area contributed by atoms with Gasteiger partial charge in [0.05, 0.1) is 18.3 Å². The summed E-state index contributed by atoms with van der Waals surface area (Å²) in [6, 6.07) is 7.06. The van der Waals surface area contributed by atoms with Gasteiger partial charge in [0.25, 0.3) is 5.91 Å². The first-order valence-corrected chi connectivity index (χ1v) is 6.09. The quantitative estimate of drug-likeness (QED) is 0.805. The highest BCUT2D eigenvalue weighted by Crippen LogP contribution is 2.10. The summed E-state index contributed by atoms with van der Waals surface area (Å²) in [4.78, 5) is 14.1. The zero-order valence-electron chi connectivity index (χ0n) is 11.0. The number of rotatable bonds is 3. The normalized spacial score (nSPS) is 19.5. The number of nitrogens with zero attached hydrogens (tertiary/aromatic N) is 1. The van der Waals surface area contributed by atoms with E-state index in [0.717, 1.165) is 13.1 Å². The highest BCUT2D eigenvalue weighted by atomic mass is 35.5. The molecule has 1 aliphatic rings. The number of anilines is 1. The van der Waals surface area contributed by atoms with Crippen molar-refractivity contribution >= 4 is 24.0 Å². The molecule has 1 fully saturated rings. The van der Waals surface area contributed by atoms with Gasteiger partial charge in [-0.2, -0.15) is 0 Å². The van der Waals surface area contributed by atoms with Crippen LogP contribution in [0.2, 0.25) is 0 Å². The summed E-state index contributed by atoms with van der Waals surface area (Å²) in [5, 5.41) is 2.86. The van der Waals surface area contributed by atoms with Crippen LogP contribution < -0.4 is 11.1 Å². The summed E-state index contributed by atoms with van der Waals surface area (Å²) in [7, 11) is 2.05. The summed E-state index contributed by atoms with van der Waals surface area (Å²) < 4.78 is 5.58. The molecule has 1 atom stereocenters. The number of hydrogen-bond donors (Lipinski definition) is 2. The highest BCUT2D eigenvalue weighted by Gasteiger charge is 2.18. The standard InChI is InChI=1S/C13H19N3O2.ClH/c1-16-6-7-18-10(9-16)8-15-13(17)11-4-2-3-5-12(11)14;/h2-5,10H,6-9,14H2,1H3,(H,15,17);1H. The van der Waals surface area contributed by atoms with E-state index in [1.165, 1.54) is 0 Å². The number of morpholine rings is 1. The third-order valence-corrected chi connectivity index (χ3v) is 3.04. The van der Waals surface area contributed by atoms with Crippen molar-refractivity contribution in [3.63, 3.8) is 0 Å². The van der Waals surface area contributed by atoms with Crippen LogP contribution >= 0.6 is 12.4 Å². The maximum atomic E-state index is 11.9. The minimum Gasteiger partial charge on any atom is -0.398 e. The second-order valence-corrected chi connectivity index (χ2v) is 4.55. The number of carbonyl (C=O) groups excluding carboxylic acids is 1. The van der Waals surface area contributed by atoms with Crippen LogP contribution in [0, 0.1) is 0 Å². The third-order valence-electron chi connectivity index (χ3n) is 3.04. The lowest BCUT2D eigenvalue weighted by Crippen LogP contribution is -2.46. The van der Waals surface area contributed by atoms with Crippen molar-refractivity contribution in [3.05, 3.63) is 29.8 Å². The molecule has 1 saturated heterocycles. The summed E-state index contributed by atoms with van der Waals surface area (Å²) in [6.45, 7) is 3.00. The Balaban J connectivity index is 0.00000180. The molecule has 0 saturated carbocycles. The second-order valence-electron chi connectivity index (χ2n) is 4.55. The van der Waals surface area contributed by atoms with Gasteiger partial charge in [-0.3, -0.25) is 4.79 Å². The molecule has 0 radical (unpaired) electrons. The van der Waals surface area contributed by atoms with Crippen LogP contribution in [0.25, 0.3) is 0 Å². The predicted molar refractivity (Wildman–Crippen MR) is 77.7 cm³/mol. The SMILES string of the molecule is CN1CCOC(CNC(=O)c2ccccc2N)C1.Cl. The molecular weight excluding hydrogens is 266 g/mol. The summed E-state index contributed by atoms with van der Waals surface area (Å²) in [5.74, 6) is -0.148. The topological polar surface area (TPSA) is 67.6 Å². The number of nitrogens with one attached hydrogen (secondary N) is 1. The zero-order chi connectivity index (χ0) is 13.0. The van der Waals surface area contributed by atoms with Crippen LogP contribution in [0.15, 0.2) is 24.3 Å². The monoisotopic (exact) mass is 285 g/mol. The fraction of sp³-hybridized carbons (Fsp3) is 0.462. The molecule has 3 N–H and O–H groups in total. The number of para-hydroxylation sites is 1. The molecule has 0 spiro atoms. The lowest BCUT2D eigenvalue weighted by Gasteiger charge is -2.30. The van der Waals surface area contributed by atoms with E-state index in [-0.39, 0.29) is 24.4 Å². The van der Waals surface area contributed by atoms with Crippen LogP contribution in [-0.4, -0.2) is 50.2 Å². The van der Waals surface area contributed by atoms with Crippen molar-refractivity contribution in [2.45, 2.75) is 6.10 Å². The summed E-state index contributed by atoms with van der Waals surface area (Å²) >= 11 is 0. The molecule has 1 aromatic rings. The maximum absolute atomic E-state index is 11.9. The first kappa shape index (κ1) is 15.8. The van der Waals surface area contributed by atoms with E-state index in [4.69, 9.17) is 10.5 Å². The van der Waals surface area contributed by atoms with E-state index >= 15 is 0 Å². The molecule has 1 amide bonds. The molecule has 106 valence electrons. The highest BCUT2D eigenvalue weighted by molar-refractivity contribution is 5.99. The van der Waals surface area contributed by atoms with Crippen molar-refractivity contribution in [2.24, 2.45) is 0 Å². The molecule has 0 aromatic heterocycles. The fourth-order valence-corrected chi connectivity index (χ4v) is 2.00. The number of nitrogens with two attached hydrogens (primary N) is 1. The Bertz CT molecular complexity index is 428. The number of likely N-dealkylation sites (N-methyl/N-ethyl adjacent to an activating group) is 1. The Hall–Kier alpha value is -1.30. The van der Waals surface area contributed by atoms with Gasteiger partial charge >= 0.3 is 0 Å². The Kier molecular flexibility index (Phi) is 6.08. The average molecular weight is 286 g/mol. The van der Waals surface area contributed by atoms with Gasteiger partial charge in [-0.15, -0.1) is 12.4 Å². The van der Waals surface area contributed by atoms with Gasteiger partial charge in [-0.05, 0) is 19.2 Å². The van der Waals surface area contributed by atoms with Crippen molar-refractivity contribution in [2.75, 3.05) is 39.0 Å². The molecule has 1 aromatic carbocycles. The average Bonchev–Trinajstić information content (AvgIpc) is 2.37. The first-order valence-electron chi connectivity index (χ1n) is 6.09. The number of carbonyl (C=O) groups is 1. The molecule has 1 aliphatic heterocycles. The van der Waals surface area contributed by atoms with Crippen LogP contribution in [-0.2, 0) is 4.74 Å². The van der Waals surface area contributed by atoms with Gasteiger partial charge in [-0.1, -0.05) is 12.1 Å². The predicted octanol–water partition coefficient (Wildman–Crippen LogP) is 0.751. The van der Waals surface area contributed by atoms with E-state index in [0.29, 0.717) is 24.4 Å². The van der Waals surface area contributed by atoms with Crippen LogP contribution in [0.1, 0.15) is 10.4 Å². The zero-order valence-corrected chi connectivity index (χ0v) is 11.8. The molecule has 1 unspecified atom stereocenters. The number of benzene rings is 1. The number of hydrogen-bond acceptors (Lipinski definition) is 4. The maximum Gasteiger partial charge on any atom is 0.253 e. The van der Waals surface area contributed by atoms with Crippen molar-refractivity contribution in [3.8, 4) is 0 Å². The van der Waals surface area contributed by atoms with Gasteiger partial charge in [0, 0.05) is 25.3 Å². The van der Waals surface area contributed by atoms with Gasteiger partial charge in [0.1, 0.15) is 0 Å². The Morgan fingerprint density at radius 2 is 2.26 bits per heavy atom. The Labute approximate surface area is 119 Å². The van der Waals surface area contributed by atoms with Gasteiger partial charge in [0.2, 0.25) is 0 Å². The van der Waals surface area contributed by atoms with Crippen LogP contribution in [0.5, 0.6) is 0 Å². The number of ether oxygens (including phenoxy) is 1. The third kappa shape index (κ3) is 4.38. The molecular formula is C13H20ClN3O2. The number of nitrogen functional groups attached to an aromatic ring is 1. The summed E-state index contributed by atoms with van der Waals surface area (Å²) in [5.41, 5.74) is 6.76. The smallest absolute Gasteiger partial charge is 0.253 e. The van der Waals surface area contributed by atoms with E-state index in [1.807, 2.05) is 13.1 Å². The van der Waals surface area contributed by atoms with E-state index in [2.05, 4.69) is 10.2 Å². The fourth-order valence-electron chi connectivity index (χ4n) is 2.00. The summed E-state index contributed by atoms with van der Waals surface area (Å²) in [6.07, 6.45) is 0.0534. The molecule has 1 heterocycles. The lowest BCUT2D eigenvalue weighted by molar-refractivity contribution is -0.0174. The first-order chi connectivity index (χ1) is 8.66. The number of amides is 1. The van der Waals surface area contributed by atoms with E-state index in [9.17, 15) is 4.79 Å². The van der Waals surface area contributed by atoms with Crippen LogP contribution in [0.4, 0.5) is 5.69 Å². The largest absolute Gasteiger partial charge is 0.398 e. The van der Waals surface area contributed by atoms with Crippen molar-refractivity contribution in [1.29, 1.82) is 0 Å². The molecule has 2 rings (SSSR count). The molecule has 5 nitrogen and oxygen atoms in total. The lowest BCUT2D eigenvalue weighted by atomic mass is 10.1. The van der Waals surface area contributed by atoms with E-state index < -0.39 is 0 Å². The molecule has 0 bridgehead atoms. The molecule has 6 heteroatoms. The van der Waals surface area contributed by atoms with Gasteiger partial charge < -0.3 is 20.7 Å². The molecule has 19 heavy (non-hydrogen) atoms. The van der Waals surface area contributed by atoms with Crippen LogP contribution in [0.3, 0.4) is 0 Å². The minimum absolute atomic E-state index is 0.